The molecular weight excluding hydrogens is 409 g/mol. The van der Waals surface area contributed by atoms with Crippen LogP contribution in [-0.4, -0.2) is 19.1 Å². The minimum Gasteiger partial charge on any atom is -0.494 e. The lowest BCUT2D eigenvalue weighted by molar-refractivity contribution is -0.116. The minimum atomic E-state index is -0.0552. The van der Waals surface area contributed by atoms with E-state index in [0.717, 1.165) is 24.5 Å². The van der Waals surface area contributed by atoms with Gasteiger partial charge in [-0.15, -0.1) is 0 Å². The van der Waals surface area contributed by atoms with Gasteiger partial charge in [0, 0.05) is 17.1 Å². The molecule has 0 heterocycles. The predicted octanol–water partition coefficient (Wildman–Crippen LogP) is 7.14. The summed E-state index contributed by atoms with van der Waals surface area (Å²) >= 11 is 11.9. The van der Waals surface area contributed by atoms with Crippen LogP contribution in [-0.2, 0) is 4.79 Å². The van der Waals surface area contributed by atoms with E-state index in [9.17, 15) is 4.79 Å². The summed E-state index contributed by atoms with van der Waals surface area (Å²) in [5.41, 5.74) is 0.756. The van der Waals surface area contributed by atoms with Gasteiger partial charge in [-0.25, -0.2) is 0 Å². The Labute approximate surface area is 183 Å². The maximum absolute atomic E-state index is 12.1. The van der Waals surface area contributed by atoms with Crippen LogP contribution in [0.1, 0.15) is 51.9 Å². The van der Waals surface area contributed by atoms with Crippen molar-refractivity contribution in [3.05, 3.63) is 52.5 Å². The Hall–Kier alpha value is -1.91. The molecule has 6 heteroatoms. The van der Waals surface area contributed by atoms with Crippen molar-refractivity contribution in [1.29, 1.82) is 0 Å². The maximum atomic E-state index is 12.1. The molecule has 0 spiro atoms. The van der Waals surface area contributed by atoms with Crippen molar-refractivity contribution in [3.8, 4) is 11.5 Å². The Bertz CT molecular complexity index is 750. The van der Waals surface area contributed by atoms with E-state index in [1.165, 1.54) is 25.7 Å². The third kappa shape index (κ3) is 9.42. The fourth-order valence-corrected chi connectivity index (χ4v) is 3.22. The number of hydrogen-bond donors (Lipinski definition) is 1. The van der Waals surface area contributed by atoms with Crippen molar-refractivity contribution in [2.75, 3.05) is 18.5 Å². The average Bonchev–Trinajstić information content (AvgIpc) is 2.70. The molecule has 0 aliphatic carbocycles. The summed E-state index contributed by atoms with van der Waals surface area (Å²) in [4.78, 5) is 12.1. The highest BCUT2D eigenvalue weighted by molar-refractivity contribution is 6.35. The number of halogens is 2. The third-order valence-electron chi connectivity index (χ3n) is 4.35. The van der Waals surface area contributed by atoms with Crippen LogP contribution in [0.2, 0.25) is 10.0 Å². The molecule has 0 aliphatic heterocycles. The lowest BCUT2D eigenvalue weighted by Gasteiger charge is -2.10. The van der Waals surface area contributed by atoms with Gasteiger partial charge in [0.05, 0.1) is 18.2 Å². The quantitative estimate of drug-likeness (QED) is 0.338. The van der Waals surface area contributed by atoms with Crippen LogP contribution in [0.3, 0.4) is 0 Å². The van der Waals surface area contributed by atoms with Crippen LogP contribution in [0.25, 0.3) is 0 Å². The number of carbonyl (C=O) groups is 1. The molecule has 29 heavy (non-hydrogen) atoms. The van der Waals surface area contributed by atoms with Gasteiger partial charge in [-0.1, -0.05) is 55.8 Å². The second-order valence-electron chi connectivity index (χ2n) is 6.86. The van der Waals surface area contributed by atoms with Gasteiger partial charge in [0.15, 0.2) is 0 Å². The van der Waals surface area contributed by atoms with E-state index in [4.69, 9.17) is 32.7 Å². The number of benzene rings is 2. The highest BCUT2D eigenvalue weighted by atomic mass is 35.5. The normalized spacial score (nSPS) is 10.6. The van der Waals surface area contributed by atoms with Gasteiger partial charge in [-0.2, -0.15) is 0 Å². The van der Waals surface area contributed by atoms with Gasteiger partial charge >= 0.3 is 0 Å². The van der Waals surface area contributed by atoms with Gasteiger partial charge in [0.1, 0.15) is 11.5 Å². The van der Waals surface area contributed by atoms with Crippen molar-refractivity contribution in [2.45, 2.75) is 51.9 Å². The average molecular weight is 438 g/mol. The van der Waals surface area contributed by atoms with Crippen LogP contribution in [0.5, 0.6) is 11.5 Å². The highest BCUT2D eigenvalue weighted by Gasteiger charge is 2.05. The topological polar surface area (TPSA) is 47.6 Å². The zero-order chi connectivity index (χ0) is 20.9. The standard InChI is InChI=1S/C23H29Cl2NO3/c1-2-3-4-5-6-15-28-20-12-10-19(11-13-20)26-23(27)8-7-16-29-22-14-9-18(24)17-21(22)25/h9-14,17H,2-8,15-16H2,1H3,(H,26,27). The molecule has 0 radical (unpaired) electrons. The van der Waals surface area contributed by atoms with Gasteiger partial charge < -0.3 is 14.8 Å². The van der Waals surface area contributed by atoms with Crippen LogP contribution in [0.4, 0.5) is 5.69 Å². The Morgan fingerprint density at radius 3 is 2.34 bits per heavy atom. The van der Waals surface area contributed by atoms with E-state index in [2.05, 4.69) is 12.2 Å². The number of rotatable bonds is 13. The van der Waals surface area contributed by atoms with Crippen molar-refractivity contribution in [2.24, 2.45) is 0 Å². The summed E-state index contributed by atoms with van der Waals surface area (Å²) in [6.07, 6.45) is 7.03. The lowest BCUT2D eigenvalue weighted by atomic mass is 10.2. The van der Waals surface area contributed by atoms with Crippen LogP contribution in [0, 0.1) is 0 Å². The summed E-state index contributed by atoms with van der Waals surface area (Å²) < 4.78 is 11.3. The molecule has 4 nitrogen and oxygen atoms in total. The van der Waals surface area contributed by atoms with Crippen molar-refractivity contribution >= 4 is 34.8 Å². The molecule has 2 aromatic rings. The Balaban J connectivity index is 1.62. The fourth-order valence-electron chi connectivity index (χ4n) is 2.76. The second kappa shape index (κ2) is 13.3. The molecule has 0 atom stereocenters. The van der Waals surface area contributed by atoms with Crippen LogP contribution in [0.15, 0.2) is 42.5 Å². The molecule has 1 N–H and O–H groups in total. The molecule has 0 fully saturated rings. The number of hydrogen-bond acceptors (Lipinski definition) is 3. The maximum Gasteiger partial charge on any atom is 0.224 e. The number of unbranched alkanes of at least 4 members (excludes halogenated alkanes) is 4. The summed E-state index contributed by atoms with van der Waals surface area (Å²) in [6, 6.07) is 12.5. The van der Waals surface area contributed by atoms with Crippen molar-refractivity contribution in [1.82, 2.24) is 0 Å². The summed E-state index contributed by atoms with van der Waals surface area (Å²) in [7, 11) is 0. The van der Waals surface area contributed by atoms with Gasteiger partial charge in [0.25, 0.3) is 0 Å². The molecule has 0 aliphatic rings. The molecule has 0 bridgehead atoms. The zero-order valence-corrected chi connectivity index (χ0v) is 18.4. The smallest absolute Gasteiger partial charge is 0.224 e. The Morgan fingerprint density at radius 2 is 1.62 bits per heavy atom. The Morgan fingerprint density at radius 1 is 0.897 bits per heavy atom. The highest BCUT2D eigenvalue weighted by Crippen LogP contribution is 2.27. The first-order valence-corrected chi connectivity index (χ1v) is 10.9. The number of amides is 1. The number of nitrogens with one attached hydrogen (secondary N) is 1. The Kier molecular flexibility index (Phi) is 10.7. The van der Waals surface area contributed by atoms with E-state index in [1.54, 1.807) is 18.2 Å². The number of carbonyl (C=O) groups excluding carboxylic acids is 1. The molecule has 158 valence electrons. The van der Waals surface area contributed by atoms with Gasteiger partial charge in [0.2, 0.25) is 5.91 Å². The predicted molar refractivity (Wildman–Crippen MR) is 121 cm³/mol. The number of anilines is 1. The summed E-state index contributed by atoms with van der Waals surface area (Å²) in [5.74, 6) is 1.34. The first-order chi connectivity index (χ1) is 14.1. The molecule has 0 saturated heterocycles. The molecule has 0 aromatic heterocycles. The lowest BCUT2D eigenvalue weighted by Crippen LogP contribution is -2.12. The van der Waals surface area contributed by atoms with Crippen LogP contribution < -0.4 is 14.8 Å². The summed E-state index contributed by atoms with van der Waals surface area (Å²) in [6.45, 7) is 3.34. The van der Waals surface area contributed by atoms with E-state index in [1.807, 2.05) is 24.3 Å². The third-order valence-corrected chi connectivity index (χ3v) is 4.88. The monoisotopic (exact) mass is 437 g/mol. The molecule has 0 unspecified atom stereocenters. The molecular formula is C23H29Cl2NO3. The zero-order valence-electron chi connectivity index (χ0n) is 16.9. The molecule has 2 rings (SSSR count). The fraction of sp³-hybridized carbons (Fsp3) is 0.435. The molecule has 2 aromatic carbocycles. The van der Waals surface area contributed by atoms with E-state index in [-0.39, 0.29) is 5.91 Å². The summed E-state index contributed by atoms with van der Waals surface area (Å²) in [5, 5.41) is 3.91. The second-order valence-corrected chi connectivity index (χ2v) is 7.71. The van der Waals surface area contributed by atoms with E-state index in [0.29, 0.717) is 35.2 Å². The minimum absolute atomic E-state index is 0.0552. The van der Waals surface area contributed by atoms with Gasteiger partial charge in [-0.3, -0.25) is 4.79 Å². The van der Waals surface area contributed by atoms with E-state index >= 15 is 0 Å². The number of ether oxygens (including phenoxy) is 2. The largest absolute Gasteiger partial charge is 0.494 e. The van der Waals surface area contributed by atoms with Gasteiger partial charge in [-0.05, 0) is 55.3 Å². The first-order valence-electron chi connectivity index (χ1n) is 10.2. The van der Waals surface area contributed by atoms with E-state index < -0.39 is 0 Å². The van der Waals surface area contributed by atoms with Crippen molar-refractivity contribution in [3.63, 3.8) is 0 Å². The van der Waals surface area contributed by atoms with Crippen molar-refractivity contribution < 1.29 is 14.3 Å². The first kappa shape index (κ1) is 23.4. The molecule has 1 amide bonds. The molecule has 0 saturated carbocycles. The van der Waals surface area contributed by atoms with Crippen LogP contribution >= 0.6 is 23.2 Å². The SMILES string of the molecule is CCCCCCCOc1ccc(NC(=O)CCCOc2ccc(Cl)cc2Cl)cc1.